The van der Waals surface area contributed by atoms with Gasteiger partial charge in [0.15, 0.2) is 0 Å². The van der Waals surface area contributed by atoms with Gasteiger partial charge in [-0.25, -0.2) is 4.98 Å². The van der Waals surface area contributed by atoms with Crippen molar-refractivity contribution in [2.75, 3.05) is 0 Å². The number of amides is 1. The molecule has 0 aliphatic heterocycles. The fraction of sp³-hybridized carbons (Fsp3) is 0.412. The number of hydrogen-bond donors (Lipinski definition) is 1. The lowest BCUT2D eigenvalue weighted by atomic mass is 9.89. The van der Waals surface area contributed by atoms with E-state index in [1.165, 1.54) is 19.3 Å². The van der Waals surface area contributed by atoms with Crippen molar-refractivity contribution in [3.8, 4) is 10.6 Å². The van der Waals surface area contributed by atoms with Crippen LogP contribution in [-0.2, 0) is 11.3 Å². The smallest absolute Gasteiger partial charge is 0.223 e. The van der Waals surface area contributed by atoms with Crippen LogP contribution in [-0.4, -0.2) is 10.9 Å². The highest BCUT2D eigenvalue weighted by Gasteiger charge is 2.20. The van der Waals surface area contributed by atoms with Gasteiger partial charge < -0.3 is 5.32 Å². The van der Waals surface area contributed by atoms with Gasteiger partial charge in [0, 0.05) is 16.9 Å². The van der Waals surface area contributed by atoms with Gasteiger partial charge >= 0.3 is 0 Å². The maximum atomic E-state index is 12.1. The highest BCUT2D eigenvalue weighted by Crippen LogP contribution is 2.25. The molecule has 0 bridgehead atoms. The van der Waals surface area contributed by atoms with Crippen LogP contribution in [0.25, 0.3) is 10.6 Å². The number of nitrogens with zero attached hydrogens (tertiary/aromatic N) is 1. The lowest BCUT2D eigenvalue weighted by molar-refractivity contribution is -0.126. The van der Waals surface area contributed by atoms with Gasteiger partial charge in [0.25, 0.3) is 0 Å². The topological polar surface area (TPSA) is 42.0 Å². The second-order valence-electron chi connectivity index (χ2n) is 5.56. The summed E-state index contributed by atoms with van der Waals surface area (Å²) in [5, 5.41) is 6.08. The summed E-state index contributed by atoms with van der Waals surface area (Å²) in [6.45, 7) is 0.540. The minimum absolute atomic E-state index is 0.198. The average Bonchev–Trinajstić information content (AvgIpc) is 3.03. The Balaban J connectivity index is 1.56. The van der Waals surface area contributed by atoms with Gasteiger partial charge in [-0.2, -0.15) is 0 Å². The largest absolute Gasteiger partial charge is 0.350 e. The number of thiazole rings is 1. The number of nitrogens with one attached hydrogen (secondary N) is 1. The summed E-state index contributed by atoms with van der Waals surface area (Å²) in [6.07, 6.45) is 5.73. The second kappa shape index (κ2) is 6.85. The van der Waals surface area contributed by atoms with E-state index < -0.39 is 0 Å². The van der Waals surface area contributed by atoms with Crippen LogP contribution in [0.15, 0.2) is 35.7 Å². The SMILES string of the molecule is O=C(NCc1csc(-c2ccccc2)n1)C1CCCCC1. The Labute approximate surface area is 129 Å². The first-order chi connectivity index (χ1) is 10.3. The van der Waals surface area contributed by atoms with E-state index in [4.69, 9.17) is 0 Å². The molecular formula is C17H20N2OS. The van der Waals surface area contributed by atoms with Gasteiger partial charge in [-0.3, -0.25) is 4.79 Å². The summed E-state index contributed by atoms with van der Waals surface area (Å²) in [6, 6.07) is 10.2. The third-order valence-electron chi connectivity index (χ3n) is 3.99. The lowest BCUT2D eigenvalue weighted by Gasteiger charge is -2.20. The number of rotatable bonds is 4. The molecule has 0 unspecified atom stereocenters. The fourth-order valence-corrected chi connectivity index (χ4v) is 3.61. The Morgan fingerprint density at radius 1 is 1.19 bits per heavy atom. The average molecular weight is 300 g/mol. The summed E-state index contributed by atoms with van der Waals surface area (Å²) < 4.78 is 0. The molecule has 2 aromatic rings. The minimum atomic E-state index is 0.198. The molecule has 1 aromatic carbocycles. The van der Waals surface area contributed by atoms with Crippen molar-refractivity contribution in [2.45, 2.75) is 38.6 Å². The maximum absolute atomic E-state index is 12.1. The molecule has 1 aromatic heterocycles. The van der Waals surface area contributed by atoms with Crippen LogP contribution in [0, 0.1) is 5.92 Å². The van der Waals surface area contributed by atoms with E-state index in [0.29, 0.717) is 6.54 Å². The van der Waals surface area contributed by atoms with Crippen LogP contribution < -0.4 is 5.32 Å². The third-order valence-corrected chi connectivity index (χ3v) is 4.93. The minimum Gasteiger partial charge on any atom is -0.350 e. The summed E-state index contributed by atoms with van der Waals surface area (Å²) in [5.74, 6) is 0.412. The Morgan fingerprint density at radius 2 is 1.95 bits per heavy atom. The quantitative estimate of drug-likeness (QED) is 0.927. The Hall–Kier alpha value is -1.68. The van der Waals surface area contributed by atoms with Crippen LogP contribution in [0.3, 0.4) is 0 Å². The van der Waals surface area contributed by atoms with Gasteiger partial charge in [-0.15, -0.1) is 11.3 Å². The molecule has 1 fully saturated rings. The van der Waals surface area contributed by atoms with Crippen molar-refractivity contribution in [1.29, 1.82) is 0 Å². The molecule has 1 aliphatic carbocycles. The van der Waals surface area contributed by atoms with E-state index >= 15 is 0 Å². The Morgan fingerprint density at radius 3 is 2.71 bits per heavy atom. The number of carbonyl (C=O) groups is 1. The van der Waals surface area contributed by atoms with Crippen molar-refractivity contribution in [2.24, 2.45) is 5.92 Å². The van der Waals surface area contributed by atoms with Gasteiger partial charge in [-0.05, 0) is 12.8 Å². The second-order valence-corrected chi connectivity index (χ2v) is 6.42. The number of aromatic nitrogens is 1. The van der Waals surface area contributed by atoms with E-state index in [1.54, 1.807) is 11.3 Å². The third kappa shape index (κ3) is 3.70. The van der Waals surface area contributed by atoms with Crippen LogP contribution in [0.5, 0.6) is 0 Å². The standard InChI is InChI=1S/C17H20N2OS/c20-16(13-7-3-1-4-8-13)18-11-15-12-21-17(19-15)14-9-5-2-6-10-14/h2,5-6,9-10,12-13H,1,3-4,7-8,11H2,(H,18,20). The summed E-state index contributed by atoms with van der Waals surface area (Å²) in [7, 11) is 0. The van der Waals surface area contributed by atoms with E-state index in [1.807, 2.05) is 23.6 Å². The number of benzene rings is 1. The first-order valence-corrected chi connectivity index (χ1v) is 8.48. The van der Waals surface area contributed by atoms with Crippen molar-refractivity contribution in [3.63, 3.8) is 0 Å². The molecule has 3 rings (SSSR count). The molecule has 3 nitrogen and oxygen atoms in total. The molecule has 0 atom stereocenters. The Bertz CT molecular complexity index is 588. The van der Waals surface area contributed by atoms with Crippen molar-refractivity contribution in [3.05, 3.63) is 41.4 Å². The molecule has 0 radical (unpaired) electrons. The van der Waals surface area contributed by atoms with E-state index in [-0.39, 0.29) is 11.8 Å². The van der Waals surface area contributed by atoms with Crippen molar-refractivity contribution >= 4 is 17.2 Å². The normalized spacial score (nSPS) is 15.8. The van der Waals surface area contributed by atoms with Crippen molar-refractivity contribution < 1.29 is 4.79 Å². The zero-order chi connectivity index (χ0) is 14.5. The molecular weight excluding hydrogens is 280 g/mol. The molecule has 0 saturated heterocycles. The summed E-state index contributed by atoms with van der Waals surface area (Å²) in [4.78, 5) is 16.7. The first kappa shape index (κ1) is 14.3. The predicted octanol–water partition coefficient (Wildman–Crippen LogP) is 4.01. The maximum Gasteiger partial charge on any atom is 0.223 e. The predicted molar refractivity (Wildman–Crippen MR) is 86.0 cm³/mol. The lowest BCUT2D eigenvalue weighted by Crippen LogP contribution is -2.31. The van der Waals surface area contributed by atoms with Crippen molar-refractivity contribution in [1.82, 2.24) is 10.3 Å². The van der Waals surface area contributed by atoms with Crippen LogP contribution >= 0.6 is 11.3 Å². The van der Waals surface area contributed by atoms with E-state index in [2.05, 4.69) is 22.4 Å². The Kier molecular flexibility index (Phi) is 4.65. The van der Waals surface area contributed by atoms with E-state index in [9.17, 15) is 4.79 Å². The van der Waals surface area contributed by atoms with Gasteiger partial charge in [0.2, 0.25) is 5.91 Å². The highest BCUT2D eigenvalue weighted by molar-refractivity contribution is 7.13. The fourth-order valence-electron chi connectivity index (χ4n) is 2.79. The molecule has 21 heavy (non-hydrogen) atoms. The van der Waals surface area contributed by atoms with Gasteiger partial charge in [0.05, 0.1) is 12.2 Å². The number of carbonyl (C=O) groups excluding carboxylic acids is 1. The van der Waals surface area contributed by atoms with E-state index in [0.717, 1.165) is 29.1 Å². The summed E-state index contributed by atoms with van der Waals surface area (Å²) in [5.41, 5.74) is 2.08. The molecule has 1 heterocycles. The molecule has 0 spiro atoms. The molecule has 4 heteroatoms. The molecule has 110 valence electrons. The van der Waals surface area contributed by atoms with Gasteiger partial charge in [0.1, 0.15) is 5.01 Å². The molecule has 1 aliphatic rings. The molecule has 1 N–H and O–H groups in total. The van der Waals surface area contributed by atoms with Gasteiger partial charge in [-0.1, -0.05) is 49.6 Å². The first-order valence-electron chi connectivity index (χ1n) is 7.60. The highest BCUT2D eigenvalue weighted by atomic mass is 32.1. The molecule has 1 amide bonds. The molecule has 1 saturated carbocycles. The van der Waals surface area contributed by atoms with Crippen LogP contribution in [0.4, 0.5) is 0 Å². The van der Waals surface area contributed by atoms with Crippen LogP contribution in [0.1, 0.15) is 37.8 Å². The monoisotopic (exact) mass is 300 g/mol. The number of hydrogen-bond acceptors (Lipinski definition) is 3. The van der Waals surface area contributed by atoms with Crippen LogP contribution in [0.2, 0.25) is 0 Å². The summed E-state index contributed by atoms with van der Waals surface area (Å²) >= 11 is 1.63. The zero-order valence-electron chi connectivity index (χ0n) is 12.0. The zero-order valence-corrected chi connectivity index (χ0v) is 12.9.